The van der Waals surface area contributed by atoms with Gasteiger partial charge in [-0.05, 0) is 19.4 Å². The summed E-state index contributed by atoms with van der Waals surface area (Å²) in [5, 5.41) is 20.0. The summed E-state index contributed by atoms with van der Waals surface area (Å²) < 4.78 is 0. The molecule has 2 aliphatic heterocycles. The number of hydrogen-bond acceptors (Lipinski definition) is 5. The predicted molar refractivity (Wildman–Crippen MR) is 76.8 cm³/mol. The van der Waals surface area contributed by atoms with Gasteiger partial charge < -0.3 is 10.4 Å². The maximum absolute atomic E-state index is 9.61. The number of aromatic nitrogens is 3. The molecule has 3 rings (SSSR count). The van der Waals surface area contributed by atoms with Crippen molar-refractivity contribution in [2.75, 3.05) is 32.8 Å². The summed E-state index contributed by atoms with van der Waals surface area (Å²) in [4.78, 5) is 6.68. The molecule has 2 fully saturated rings. The average Bonchev–Trinajstić information content (AvgIpc) is 2.93. The number of nitrogens with one attached hydrogen (secondary N) is 2. The molecule has 8 heteroatoms. The van der Waals surface area contributed by atoms with Gasteiger partial charge in [-0.25, -0.2) is 4.98 Å². The Morgan fingerprint density at radius 3 is 2.84 bits per heavy atom. The highest BCUT2D eigenvalue weighted by molar-refractivity contribution is 5.85. The summed E-state index contributed by atoms with van der Waals surface area (Å²) in [5.74, 6) is 2.27. The summed E-state index contributed by atoms with van der Waals surface area (Å²) in [7, 11) is 0. The van der Waals surface area contributed by atoms with E-state index in [-0.39, 0.29) is 36.8 Å². The molecule has 1 aromatic rings. The van der Waals surface area contributed by atoms with E-state index in [0.717, 1.165) is 44.4 Å². The number of rotatable bonds is 3. The highest BCUT2D eigenvalue weighted by atomic mass is 35.5. The van der Waals surface area contributed by atoms with Crippen molar-refractivity contribution in [2.45, 2.75) is 13.5 Å². The van der Waals surface area contributed by atoms with Gasteiger partial charge in [-0.1, -0.05) is 0 Å². The summed E-state index contributed by atoms with van der Waals surface area (Å²) >= 11 is 0. The Morgan fingerprint density at radius 1 is 1.47 bits per heavy atom. The van der Waals surface area contributed by atoms with Gasteiger partial charge in [-0.15, -0.1) is 24.8 Å². The molecule has 19 heavy (non-hydrogen) atoms. The Bertz CT molecular complexity index is 416. The number of aryl methyl sites for hydroxylation is 1. The van der Waals surface area contributed by atoms with E-state index in [4.69, 9.17) is 0 Å². The van der Waals surface area contributed by atoms with Gasteiger partial charge in [0.1, 0.15) is 5.82 Å². The van der Waals surface area contributed by atoms with Crippen LogP contribution in [0.1, 0.15) is 11.6 Å². The lowest BCUT2D eigenvalue weighted by molar-refractivity contribution is 0.123. The third-order valence-electron chi connectivity index (χ3n) is 4.07. The van der Waals surface area contributed by atoms with E-state index in [2.05, 4.69) is 25.4 Å². The molecule has 3 heterocycles. The molecule has 0 spiro atoms. The molecule has 110 valence electrons. The molecule has 0 radical (unpaired) electrons. The van der Waals surface area contributed by atoms with Crippen molar-refractivity contribution in [1.82, 2.24) is 25.4 Å². The smallest absolute Gasteiger partial charge is 0.164 e. The molecule has 1 aromatic heterocycles. The molecule has 2 atom stereocenters. The molecule has 0 aromatic carbocycles. The van der Waals surface area contributed by atoms with E-state index in [1.165, 1.54) is 0 Å². The van der Waals surface area contributed by atoms with E-state index in [0.29, 0.717) is 5.92 Å². The second kappa shape index (κ2) is 6.37. The number of H-pyrrole nitrogens is 1. The number of aliphatic hydroxyl groups excluding tert-OH is 1. The molecule has 6 nitrogen and oxygen atoms in total. The average molecular weight is 310 g/mol. The van der Waals surface area contributed by atoms with Gasteiger partial charge in [0.05, 0.1) is 13.2 Å². The van der Waals surface area contributed by atoms with Crippen LogP contribution in [0.2, 0.25) is 0 Å². The van der Waals surface area contributed by atoms with Crippen LogP contribution in [0.15, 0.2) is 0 Å². The fourth-order valence-electron chi connectivity index (χ4n) is 3.14. The quantitative estimate of drug-likeness (QED) is 0.731. The standard InChI is InChI=1S/C11H19N5O.2ClH/c1-8-13-10(15-14-8)4-16-3-9-2-12-5-11(9,6-16)7-17;;/h9,12,17H,2-7H2,1H3,(H,13,14,15);2*1H. The fourth-order valence-corrected chi connectivity index (χ4v) is 3.14. The van der Waals surface area contributed by atoms with Crippen molar-refractivity contribution in [3.05, 3.63) is 11.6 Å². The monoisotopic (exact) mass is 309 g/mol. The van der Waals surface area contributed by atoms with Crippen LogP contribution in [0.25, 0.3) is 0 Å². The van der Waals surface area contributed by atoms with Crippen LogP contribution in [0, 0.1) is 18.3 Å². The number of fused-ring (bicyclic) bond motifs is 1. The number of halogens is 2. The summed E-state index contributed by atoms with van der Waals surface area (Å²) in [6.45, 7) is 6.88. The normalized spacial score (nSPS) is 29.7. The maximum Gasteiger partial charge on any atom is 0.164 e. The van der Waals surface area contributed by atoms with Crippen LogP contribution < -0.4 is 5.32 Å². The fraction of sp³-hybridized carbons (Fsp3) is 0.818. The lowest BCUT2D eigenvalue weighted by Gasteiger charge is -2.24. The Balaban J connectivity index is 0.000000902. The minimum atomic E-state index is 0. The second-order valence-corrected chi connectivity index (χ2v) is 5.35. The second-order valence-electron chi connectivity index (χ2n) is 5.35. The number of likely N-dealkylation sites (tertiary alicyclic amines) is 1. The largest absolute Gasteiger partial charge is 0.396 e. The van der Waals surface area contributed by atoms with Gasteiger partial charge in [0.15, 0.2) is 5.82 Å². The number of aliphatic hydroxyl groups is 1. The molecular weight excluding hydrogens is 289 g/mol. The van der Waals surface area contributed by atoms with E-state index in [1.54, 1.807) is 0 Å². The van der Waals surface area contributed by atoms with Gasteiger partial charge in [0, 0.05) is 25.0 Å². The van der Waals surface area contributed by atoms with E-state index < -0.39 is 0 Å². The van der Waals surface area contributed by atoms with Gasteiger partial charge in [0.25, 0.3) is 0 Å². The zero-order valence-corrected chi connectivity index (χ0v) is 12.6. The first-order valence-electron chi connectivity index (χ1n) is 6.14. The number of hydrogen-bond donors (Lipinski definition) is 3. The van der Waals surface area contributed by atoms with Crippen LogP contribution in [-0.2, 0) is 6.54 Å². The summed E-state index contributed by atoms with van der Waals surface area (Å²) in [6.07, 6.45) is 0. The maximum atomic E-state index is 9.61. The van der Waals surface area contributed by atoms with Crippen LogP contribution in [0.3, 0.4) is 0 Å². The Morgan fingerprint density at radius 2 is 2.26 bits per heavy atom. The zero-order valence-electron chi connectivity index (χ0n) is 10.9. The molecule has 3 N–H and O–H groups in total. The topological polar surface area (TPSA) is 77.1 Å². The third kappa shape index (κ3) is 3.03. The molecule has 0 amide bonds. The first-order valence-corrected chi connectivity index (χ1v) is 6.14. The number of aromatic amines is 1. The van der Waals surface area contributed by atoms with E-state index in [1.807, 2.05) is 6.92 Å². The van der Waals surface area contributed by atoms with Gasteiger partial charge in [0.2, 0.25) is 0 Å². The minimum absolute atomic E-state index is 0. The summed E-state index contributed by atoms with van der Waals surface area (Å²) in [6, 6.07) is 0. The molecule has 0 aliphatic carbocycles. The van der Waals surface area contributed by atoms with Crippen molar-refractivity contribution in [3.63, 3.8) is 0 Å². The van der Waals surface area contributed by atoms with E-state index >= 15 is 0 Å². The van der Waals surface area contributed by atoms with Crippen molar-refractivity contribution in [2.24, 2.45) is 11.3 Å². The highest BCUT2D eigenvalue weighted by Gasteiger charge is 2.49. The third-order valence-corrected chi connectivity index (χ3v) is 4.07. The predicted octanol–water partition coefficient (Wildman–Crippen LogP) is -0.0296. The van der Waals surface area contributed by atoms with Crippen molar-refractivity contribution >= 4 is 24.8 Å². The van der Waals surface area contributed by atoms with E-state index in [9.17, 15) is 5.11 Å². The molecule has 0 bridgehead atoms. The molecule has 2 aliphatic rings. The summed E-state index contributed by atoms with van der Waals surface area (Å²) in [5.41, 5.74) is 0.0609. The lowest BCUT2D eigenvalue weighted by atomic mass is 9.82. The van der Waals surface area contributed by atoms with Gasteiger partial charge >= 0.3 is 0 Å². The first-order chi connectivity index (χ1) is 8.22. The van der Waals surface area contributed by atoms with Crippen LogP contribution >= 0.6 is 24.8 Å². The Hall–Kier alpha value is -0.400. The molecular formula is C11H21Cl2N5O. The van der Waals surface area contributed by atoms with Crippen molar-refractivity contribution in [1.29, 1.82) is 0 Å². The highest BCUT2D eigenvalue weighted by Crippen LogP contribution is 2.38. The van der Waals surface area contributed by atoms with Gasteiger partial charge in [-0.3, -0.25) is 10.00 Å². The zero-order chi connectivity index (χ0) is 11.9. The van der Waals surface area contributed by atoms with Crippen LogP contribution in [-0.4, -0.2) is 58.0 Å². The van der Waals surface area contributed by atoms with Crippen molar-refractivity contribution < 1.29 is 5.11 Å². The van der Waals surface area contributed by atoms with Crippen molar-refractivity contribution in [3.8, 4) is 0 Å². The molecule has 0 saturated carbocycles. The number of nitrogens with zero attached hydrogens (tertiary/aromatic N) is 3. The Labute approximate surface area is 125 Å². The van der Waals surface area contributed by atoms with Crippen LogP contribution in [0.5, 0.6) is 0 Å². The first kappa shape index (κ1) is 16.7. The van der Waals surface area contributed by atoms with Gasteiger partial charge in [-0.2, -0.15) is 5.10 Å². The molecule has 2 saturated heterocycles. The SMILES string of the molecule is Cc1nc(CN2CC3CNCC3(CO)C2)n[nH]1.Cl.Cl. The molecule has 2 unspecified atom stereocenters. The minimum Gasteiger partial charge on any atom is -0.396 e. The lowest BCUT2D eigenvalue weighted by Crippen LogP contribution is -2.35. The van der Waals surface area contributed by atoms with Crippen LogP contribution in [0.4, 0.5) is 0 Å². The Kier molecular flexibility index (Phi) is 5.58.